The van der Waals surface area contributed by atoms with Gasteiger partial charge in [-0.1, -0.05) is 6.07 Å². The SMILES string of the molecule is CNC(=O)C1CCN(C(=O)CCS(C)(=O)=O)CC1c1ccc(F)cc1C. The Balaban J connectivity index is 2.24. The second-order valence-electron chi connectivity index (χ2n) is 6.84. The monoisotopic (exact) mass is 384 g/mol. The standard InChI is InChI=1S/C18H25FN2O4S/c1-12-10-13(19)4-5-14(12)16-11-21(8-6-15(16)18(23)20-2)17(22)7-9-26(3,24)25/h4-5,10,15-16H,6-9,11H2,1-3H3,(H,20,23). The van der Waals surface area contributed by atoms with Gasteiger partial charge in [0.2, 0.25) is 11.8 Å². The quantitative estimate of drug-likeness (QED) is 0.828. The van der Waals surface area contributed by atoms with Crippen molar-refractivity contribution in [3.8, 4) is 0 Å². The van der Waals surface area contributed by atoms with Crippen molar-refractivity contribution in [1.29, 1.82) is 0 Å². The molecule has 1 saturated heterocycles. The van der Waals surface area contributed by atoms with Crippen molar-refractivity contribution in [2.45, 2.75) is 25.7 Å². The largest absolute Gasteiger partial charge is 0.359 e. The Hall–Kier alpha value is -1.96. The lowest BCUT2D eigenvalue weighted by Crippen LogP contribution is -2.47. The number of nitrogens with one attached hydrogen (secondary N) is 1. The first-order chi connectivity index (χ1) is 12.1. The lowest BCUT2D eigenvalue weighted by molar-refractivity contribution is -0.136. The maximum Gasteiger partial charge on any atom is 0.223 e. The fourth-order valence-corrected chi connectivity index (χ4v) is 4.02. The summed E-state index contributed by atoms with van der Waals surface area (Å²) in [5, 5.41) is 2.66. The van der Waals surface area contributed by atoms with Crippen LogP contribution in [-0.2, 0) is 19.4 Å². The van der Waals surface area contributed by atoms with Crippen LogP contribution in [0.1, 0.15) is 29.9 Å². The number of benzene rings is 1. The summed E-state index contributed by atoms with van der Waals surface area (Å²) in [7, 11) is -1.65. The van der Waals surface area contributed by atoms with E-state index in [1.165, 1.54) is 12.1 Å². The van der Waals surface area contributed by atoms with Crippen molar-refractivity contribution in [2.75, 3.05) is 32.1 Å². The van der Waals surface area contributed by atoms with Crippen LogP contribution in [0, 0.1) is 18.7 Å². The summed E-state index contributed by atoms with van der Waals surface area (Å²) >= 11 is 0. The van der Waals surface area contributed by atoms with E-state index in [0.29, 0.717) is 19.5 Å². The second-order valence-corrected chi connectivity index (χ2v) is 9.10. The zero-order chi connectivity index (χ0) is 19.5. The number of carbonyl (C=O) groups is 2. The van der Waals surface area contributed by atoms with Gasteiger partial charge in [-0.05, 0) is 36.6 Å². The van der Waals surface area contributed by atoms with Gasteiger partial charge >= 0.3 is 0 Å². The van der Waals surface area contributed by atoms with Crippen molar-refractivity contribution < 1.29 is 22.4 Å². The van der Waals surface area contributed by atoms with Crippen LogP contribution in [0.3, 0.4) is 0 Å². The number of hydrogen-bond donors (Lipinski definition) is 1. The summed E-state index contributed by atoms with van der Waals surface area (Å²) in [5.74, 6) is -1.46. The zero-order valence-corrected chi connectivity index (χ0v) is 16.1. The van der Waals surface area contributed by atoms with Crippen LogP contribution < -0.4 is 5.32 Å². The minimum Gasteiger partial charge on any atom is -0.359 e. The Morgan fingerprint density at radius 3 is 2.62 bits per heavy atom. The first-order valence-electron chi connectivity index (χ1n) is 8.55. The molecular weight excluding hydrogens is 359 g/mol. The molecule has 1 fully saturated rings. The summed E-state index contributed by atoms with van der Waals surface area (Å²) < 4.78 is 36.1. The normalized spacial score (nSPS) is 20.7. The molecule has 1 aliphatic rings. The molecule has 0 aromatic heterocycles. The number of carbonyl (C=O) groups excluding carboxylic acids is 2. The van der Waals surface area contributed by atoms with E-state index in [0.717, 1.165) is 17.4 Å². The van der Waals surface area contributed by atoms with E-state index in [1.54, 1.807) is 24.9 Å². The number of likely N-dealkylation sites (tertiary alicyclic amines) is 1. The Morgan fingerprint density at radius 2 is 2.04 bits per heavy atom. The molecule has 6 nitrogen and oxygen atoms in total. The van der Waals surface area contributed by atoms with Gasteiger partial charge in [0.05, 0.1) is 5.75 Å². The molecule has 0 radical (unpaired) electrons. The number of aryl methyl sites for hydroxylation is 1. The topological polar surface area (TPSA) is 83.6 Å². The van der Waals surface area contributed by atoms with Crippen molar-refractivity contribution in [2.24, 2.45) is 5.92 Å². The summed E-state index contributed by atoms with van der Waals surface area (Å²) in [4.78, 5) is 26.3. The molecule has 0 spiro atoms. The molecule has 2 unspecified atom stereocenters. The fraction of sp³-hybridized carbons (Fsp3) is 0.556. The lowest BCUT2D eigenvalue weighted by atomic mass is 9.78. The predicted molar refractivity (Wildman–Crippen MR) is 97.0 cm³/mol. The third-order valence-corrected chi connectivity index (χ3v) is 5.81. The minimum atomic E-state index is -3.22. The van der Waals surface area contributed by atoms with Crippen molar-refractivity contribution in [3.05, 3.63) is 35.1 Å². The van der Waals surface area contributed by atoms with Gasteiger partial charge in [0.15, 0.2) is 0 Å². The smallest absolute Gasteiger partial charge is 0.223 e. The van der Waals surface area contributed by atoms with Crippen LogP contribution in [0.25, 0.3) is 0 Å². The van der Waals surface area contributed by atoms with Gasteiger partial charge in [-0.3, -0.25) is 9.59 Å². The number of rotatable bonds is 5. The van der Waals surface area contributed by atoms with E-state index in [9.17, 15) is 22.4 Å². The fourth-order valence-electron chi connectivity index (χ4n) is 3.48. The van der Waals surface area contributed by atoms with E-state index in [4.69, 9.17) is 0 Å². The molecule has 26 heavy (non-hydrogen) atoms. The summed E-state index contributed by atoms with van der Waals surface area (Å²) in [5.41, 5.74) is 1.56. The first kappa shape index (κ1) is 20.4. The second kappa shape index (κ2) is 8.16. The highest BCUT2D eigenvalue weighted by molar-refractivity contribution is 7.90. The van der Waals surface area contributed by atoms with Crippen molar-refractivity contribution in [3.63, 3.8) is 0 Å². The molecule has 0 saturated carbocycles. The molecule has 1 aliphatic heterocycles. The summed E-state index contributed by atoms with van der Waals surface area (Å²) in [6.07, 6.45) is 1.51. The van der Waals surface area contributed by atoms with E-state index < -0.39 is 9.84 Å². The van der Waals surface area contributed by atoms with Crippen LogP contribution >= 0.6 is 0 Å². The average Bonchev–Trinajstić information content (AvgIpc) is 2.58. The van der Waals surface area contributed by atoms with E-state index in [1.807, 2.05) is 0 Å². The number of halogens is 1. The van der Waals surface area contributed by atoms with E-state index >= 15 is 0 Å². The Bertz CT molecular complexity index is 794. The highest BCUT2D eigenvalue weighted by Crippen LogP contribution is 2.35. The molecule has 1 N–H and O–H groups in total. The van der Waals surface area contributed by atoms with E-state index in [2.05, 4.69) is 5.32 Å². The highest BCUT2D eigenvalue weighted by atomic mass is 32.2. The molecule has 2 amide bonds. The molecule has 1 heterocycles. The maximum absolute atomic E-state index is 13.5. The van der Waals surface area contributed by atoms with Crippen LogP contribution in [-0.4, -0.2) is 57.3 Å². The summed E-state index contributed by atoms with van der Waals surface area (Å²) in [6.45, 7) is 2.49. The Labute approximate surface area is 153 Å². The van der Waals surface area contributed by atoms with Gasteiger partial charge in [-0.2, -0.15) is 0 Å². The minimum absolute atomic E-state index is 0.0708. The lowest BCUT2D eigenvalue weighted by Gasteiger charge is -2.38. The molecule has 1 aromatic rings. The molecule has 0 aliphatic carbocycles. The number of amides is 2. The maximum atomic E-state index is 13.5. The van der Waals surface area contributed by atoms with Crippen molar-refractivity contribution in [1.82, 2.24) is 10.2 Å². The van der Waals surface area contributed by atoms with Crippen LogP contribution in [0.2, 0.25) is 0 Å². The molecule has 0 bridgehead atoms. The van der Waals surface area contributed by atoms with Crippen LogP contribution in [0.5, 0.6) is 0 Å². The molecule has 8 heteroatoms. The van der Waals surface area contributed by atoms with Gasteiger partial charge < -0.3 is 10.2 Å². The van der Waals surface area contributed by atoms with E-state index in [-0.39, 0.29) is 41.6 Å². The molecule has 1 aromatic carbocycles. The third-order valence-electron chi connectivity index (χ3n) is 4.87. The number of sulfone groups is 1. The Morgan fingerprint density at radius 1 is 1.35 bits per heavy atom. The number of piperidine rings is 1. The molecule has 144 valence electrons. The van der Waals surface area contributed by atoms with Gasteiger partial charge in [0, 0.05) is 44.6 Å². The Kier molecular flexibility index (Phi) is 6.39. The summed E-state index contributed by atoms with van der Waals surface area (Å²) in [6, 6.07) is 4.43. The van der Waals surface area contributed by atoms with Crippen LogP contribution in [0.15, 0.2) is 18.2 Å². The van der Waals surface area contributed by atoms with Crippen LogP contribution in [0.4, 0.5) is 4.39 Å². The van der Waals surface area contributed by atoms with Gasteiger partial charge in [-0.25, -0.2) is 12.8 Å². The van der Waals surface area contributed by atoms with Crippen molar-refractivity contribution >= 4 is 21.7 Å². The van der Waals surface area contributed by atoms with Gasteiger partial charge in [0.25, 0.3) is 0 Å². The van der Waals surface area contributed by atoms with Gasteiger partial charge in [-0.15, -0.1) is 0 Å². The predicted octanol–water partition coefficient (Wildman–Crippen LogP) is 1.25. The first-order valence-corrected chi connectivity index (χ1v) is 10.6. The number of hydrogen-bond acceptors (Lipinski definition) is 4. The highest BCUT2D eigenvalue weighted by Gasteiger charge is 2.37. The zero-order valence-electron chi connectivity index (χ0n) is 15.3. The molecule has 2 rings (SSSR count). The molecule has 2 atom stereocenters. The van der Waals surface area contributed by atoms with Gasteiger partial charge in [0.1, 0.15) is 15.7 Å². The third kappa shape index (κ3) is 5.03. The molecular formula is C18H25FN2O4S. The number of nitrogens with zero attached hydrogens (tertiary/aromatic N) is 1. The average molecular weight is 384 g/mol.